The van der Waals surface area contributed by atoms with Crippen LogP contribution in [0.4, 0.5) is 5.82 Å². The van der Waals surface area contributed by atoms with Gasteiger partial charge >= 0.3 is 0 Å². The maximum atomic E-state index is 13.5. The van der Waals surface area contributed by atoms with Crippen molar-refractivity contribution in [1.82, 2.24) is 10.2 Å². The number of anilines is 1. The first-order valence-corrected chi connectivity index (χ1v) is 11.1. The zero-order valence-electron chi connectivity index (χ0n) is 17.9. The number of hydrogen-bond donors (Lipinski definition) is 0. The molecule has 0 N–H and O–H groups in total. The molecule has 1 aromatic heterocycles. The summed E-state index contributed by atoms with van der Waals surface area (Å²) in [5, 5.41) is 8.15. The Morgan fingerprint density at radius 3 is 2.16 bits per heavy atom. The topological polar surface area (TPSA) is 80.2 Å². The van der Waals surface area contributed by atoms with Gasteiger partial charge in [-0.15, -0.1) is 5.10 Å². The van der Waals surface area contributed by atoms with E-state index >= 15 is 0 Å². The van der Waals surface area contributed by atoms with E-state index in [0.29, 0.717) is 22.7 Å². The first-order valence-electron chi connectivity index (χ1n) is 10.4. The Labute approximate surface area is 194 Å². The van der Waals surface area contributed by atoms with E-state index in [2.05, 4.69) is 40.0 Å². The fourth-order valence-corrected chi connectivity index (χ4v) is 4.18. The maximum absolute atomic E-state index is 13.5. The zero-order valence-corrected chi connectivity index (χ0v) is 19.5. The summed E-state index contributed by atoms with van der Waals surface area (Å²) < 4.78 is 0.853. The molecule has 6 nitrogen and oxygen atoms in total. The summed E-state index contributed by atoms with van der Waals surface area (Å²) in [5.74, 6) is -2.48. The number of ketones is 2. The molecule has 1 saturated heterocycles. The van der Waals surface area contributed by atoms with Crippen molar-refractivity contribution in [1.29, 1.82) is 0 Å². The lowest BCUT2D eigenvalue weighted by atomic mass is 9.86. The molecule has 7 heteroatoms. The van der Waals surface area contributed by atoms with Crippen LogP contribution >= 0.6 is 15.9 Å². The Bertz CT molecular complexity index is 1170. The van der Waals surface area contributed by atoms with Gasteiger partial charge in [-0.1, -0.05) is 66.2 Å². The lowest BCUT2D eigenvalue weighted by molar-refractivity contribution is -0.135. The Balaban J connectivity index is 1.81. The van der Waals surface area contributed by atoms with Crippen LogP contribution < -0.4 is 4.90 Å². The summed E-state index contributed by atoms with van der Waals surface area (Å²) in [7, 11) is 0. The second-order valence-electron chi connectivity index (χ2n) is 8.19. The van der Waals surface area contributed by atoms with Crippen molar-refractivity contribution in [3.8, 4) is 0 Å². The first-order chi connectivity index (χ1) is 15.3. The summed E-state index contributed by atoms with van der Waals surface area (Å²) in [6.07, 6.45) is 0. The third-order valence-corrected chi connectivity index (χ3v) is 6.22. The molecule has 1 fully saturated rings. The molecular formula is C25H22BrN3O3. The van der Waals surface area contributed by atoms with Crippen LogP contribution in [0.15, 0.2) is 65.1 Å². The van der Waals surface area contributed by atoms with Crippen LogP contribution in [0.3, 0.4) is 0 Å². The molecule has 2 unspecified atom stereocenters. The highest BCUT2D eigenvalue weighted by Gasteiger charge is 2.52. The Kier molecular flexibility index (Phi) is 6.02. The number of hydrogen-bond acceptors (Lipinski definition) is 5. The highest BCUT2D eigenvalue weighted by atomic mass is 79.9. The SMILES string of the molecule is Cc1ccc(N2C(=O)C(=O)C(C(=O)c3ccc(C(C)C)cc3)C2c2ccc(Br)cc2)nn1. The number of benzene rings is 2. The van der Waals surface area contributed by atoms with Crippen LogP contribution in [0.25, 0.3) is 0 Å². The van der Waals surface area contributed by atoms with Crippen LogP contribution in [0.5, 0.6) is 0 Å². The molecule has 4 rings (SSSR count). The summed E-state index contributed by atoms with van der Waals surface area (Å²) in [5.41, 5.74) is 2.85. The van der Waals surface area contributed by atoms with Crippen LogP contribution in [0.1, 0.15) is 53.0 Å². The van der Waals surface area contributed by atoms with E-state index in [4.69, 9.17) is 0 Å². The zero-order chi connectivity index (χ0) is 23.0. The molecule has 1 aliphatic rings. The number of carbonyl (C=O) groups is 3. The Morgan fingerprint density at radius 1 is 0.938 bits per heavy atom. The van der Waals surface area contributed by atoms with E-state index in [1.807, 2.05) is 24.3 Å². The number of amides is 1. The first kappa shape index (κ1) is 22.0. The van der Waals surface area contributed by atoms with Crippen molar-refractivity contribution in [2.75, 3.05) is 4.90 Å². The van der Waals surface area contributed by atoms with Crippen molar-refractivity contribution in [3.63, 3.8) is 0 Å². The second kappa shape index (κ2) is 8.74. The van der Waals surface area contributed by atoms with Gasteiger partial charge in [0.25, 0.3) is 5.91 Å². The fourth-order valence-electron chi connectivity index (χ4n) is 3.91. The van der Waals surface area contributed by atoms with Gasteiger partial charge in [0.2, 0.25) is 5.78 Å². The lowest BCUT2D eigenvalue weighted by Gasteiger charge is -2.26. The highest BCUT2D eigenvalue weighted by Crippen LogP contribution is 2.40. The van der Waals surface area contributed by atoms with Gasteiger partial charge in [0.1, 0.15) is 5.92 Å². The molecule has 2 atom stereocenters. The quantitative estimate of drug-likeness (QED) is 0.290. The van der Waals surface area contributed by atoms with E-state index in [0.717, 1.165) is 10.0 Å². The Morgan fingerprint density at radius 2 is 1.59 bits per heavy atom. The number of aromatic nitrogens is 2. The molecule has 32 heavy (non-hydrogen) atoms. The molecule has 1 aliphatic heterocycles. The summed E-state index contributed by atoms with van der Waals surface area (Å²) >= 11 is 3.41. The van der Waals surface area contributed by atoms with Crippen molar-refractivity contribution >= 4 is 39.2 Å². The number of nitrogens with zero attached hydrogens (tertiary/aromatic N) is 3. The van der Waals surface area contributed by atoms with Gasteiger partial charge in [0.05, 0.1) is 11.7 Å². The van der Waals surface area contributed by atoms with Gasteiger partial charge in [-0.05, 0) is 48.2 Å². The molecule has 1 amide bonds. The summed E-state index contributed by atoms with van der Waals surface area (Å²) in [4.78, 5) is 41.0. The molecule has 0 saturated carbocycles. The van der Waals surface area contributed by atoms with Gasteiger partial charge in [-0.2, -0.15) is 5.10 Å². The summed E-state index contributed by atoms with van der Waals surface area (Å²) in [6.45, 7) is 5.92. The van der Waals surface area contributed by atoms with Crippen molar-refractivity contribution in [2.24, 2.45) is 5.92 Å². The second-order valence-corrected chi connectivity index (χ2v) is 9.10. The van der Waals surface area contributed by atoms with Crippen LogP contribution in [0, 0.1) is 12.8 Å². The minimum atomic E-state index is -1.17. The fraction of sp³-hybridized carbons (Fsp3) is 0.240. The van der Waals surface area contributed by atoms with Crippen molar-refractivity contribution < 1.29 is 14.4 Å². The monoisotopic (exact) mass is 491 g/mol. The molecular weight excluding hydrogens is 470 g/mol. The normalized spacial score (nSPS) is 18.5. The molecule has 0 radical (unpaired) electrons. The van der Waals surface area contributed by atoms with Gasteiger partial charge in [-0.25, -0.2) is 0 Å². The Hall–Kier alpha value is -3.19. The molecule has 2 aromatic carbocycles. The van der Waals surface area contributed by atoms with Crippen LogP contribution in [-0.2, 0) is 9.59 Å². The molecule has 3 aromatic rings. The van der Waals surface area contributed by atoms with Crippen LogP contribution in [0.2, 0.25) is 0 Å². The van der Waals surface area contributed by atoms with Crippen molar-refractivity contribution in [2.45, 2.75) is 32.7 Å². The van der Waals surface area contributed by atoms with E-state index < -0.39 is 23.7 Å². The standard InChI is InChI=1S/C25H22BrN3O3/c1-14(2)16-5-7-18(8-6-16)23(30)21-22(17-9-11-19(26)12-10-17)29(25(32)24(21)31)20-13-4-15(3)27-28-20/h4-14,21-22H,1-3H3. The molecule has 162 valence electrons. The van der Waals surface area contributed by atoms with Gasteiger partial charge < -0.3 is 0 Å². The van der Waals surface area contributed by atoms with E-state index in [-0.39, 0.29) is 11.6 Å². The largest absolute Gasteiger partial charge is 0.297 e. The van der Waals surface area contributed by atoms with Crippen molar-refractivity contribution in [3.05, 3.63) is 87.5 Å². The van der Waals surface area contributed by atoms with E-state index in [1.54, 1.807) is 43.3 Å². The van der Waals surface area contributed by atoms with Crippen LogP contribution in [-0.4, -0.2) is 27.7 Å². The number of Topliss-reactive ketones (excluding diaryl/α,β-unsaturated/α-hetero) is 2. The summed E-state index contributed by atoms with van der Waals surface area (Å²) in [6, 6.07) is 17.0. The smallest absolute Gasteiger partial charge is 0.293 e. The van der Waals surface area contributed by atoms with Gasteiger partial charge in [0.15, 0.2) is 11.6 Å². The predicted octanol–water partition coefficient (Wildman–Crippen LogP) is 4.83. The molecule has 2 heterocycles. The average molecular weight is 492 g/mol. The molecule has 0 spiro atoms. The average Bonchev–Trinajstić information content (AvgIpc) is 3.05. The van der Waals surface area contributed by atoms with Gasteiger partial charge in [0, 0.05) is 10.0 Å². The van der Waals surface area contributed by atoms with E-state index in [1.165, 1.54) is 4.90 Å². The minimum absolute atomic E-state index is 0.243. The minimum Gasteiger partial charge on any atom is -0.293 e. The van der Waals surface area contributed by atoms with E-state index in [9.17, 15) is 14.4 Å². The number of rotatable bonds is 5. The highest BCUT2D eigenvalue weighted by molar-refractivity contribution is 9.10. The van der Waals surface area contributed by atoms with Gasteiger partial charge in [-0.3, -0.25) is 19.3 Å². The maximum Gasteiger partial charge on any atom is 0.297 e. The molecule has 0 bridgehead atoms. The predicted molar refractivity (Wildman–Crippen MR) is 124 cm³/mol. The number of halogens is 1. The third-order valence-electron chi connectivity index (χ3n) is 5.69. The third kappa shape index (κ3) is 4.00. The number of aryl methyl sites for hydroxylation is 1. The number of carbonyl (C=O) groups excluding carboxylic acids is 3. The molecule has 0 aliphatic carbocycles. The lowest BCUT2D eigenvalue weighted by Crippen LogP contribution is -2.31.